The summed E-state index contributed by atoms with van der Waals surface area (Å²) in [5.41, 5.74) is 0. The molecule has 1 saturated heterocycles. The van der Waals surface area contributed by atoms with E-state index < -0.39 is 0 Å². The van der Waals surface area contributed by atoms with E-state index in [1.165, 1.54) is 12.8 Å². The number of hydrogen-bond acceptors (Lipinski definition) is 2. The van der Waals surface area contributed by atoms with Gasteiger partial charge in [0.15, 0.2) is 0 Å². The lowest BCUT2D eigenvalue weighted by Gasteiger charge is -2.23. The molecule has 1 saturated carbocycles. The molecule has 2 aliphatic rings. The van der Waals surface area contributed by atoms with Crippen LogP contribution in [0, 0.1) is 5.92 Å². The first-order chi connectivity index (χ1) is 4.47. The molecule has 52 valence electrons. The monoisotopic (exact) mass is 127 g/mol. The van der Waals surface area contributed by atoms with Crippen LogP contribution >= 0.6 is 0 Å². The van der Waals surface area contributed by atoms with Crippen LogP contribution in [-0.4, -0.2) is 25.8 Å². The quantitative estimate of drug-likeness (QED) is 0.550. The van der Waals surface area contributed by atoms with Crippen molar-refractivity contribution in [2.75, 3.05) is 19.8 Å². The summed E-state index contributed by atoms with van der Waals surface area (Å²) in [5, 5.41) is 3.46. The molecular weight excluding hydrogens is 114 g/mol. The van der Waals surface area contributed by atoms with Crippen LogP contribution in [0.15, 0.2) is 0 Å². The van der Waals surface area contributed by atoms with Gasteiger partial charge in [0.2, 0.25) is 0 Å². The smallest absolute Gasteiger partial charge is 0.0622 e. The maximum atomic E-state index is 5.32. The van der Waals surface area contributed by atoms with E-state index in [4.69, 9.17) is 4.74 Å². The lowest BCUT2D eigenvalue weighted by atomic mass is 10.2. The fourth-order valence-corrected chi connectivity index (χ4v) is 1.39. The minimum atomic E-state index is 0.693. The van der Waals surface area contributed by atoms with E-state index in [1.54, 1.807) is 0 Å². The van der Waals surface area contributed by atoms with Crippen molar-refractivity contribution in [3.63, 3.8) is 0 Å². The van der Waals surface area contributed by atoms with Gasteiger partial charge in [0.05, 0.1) is 13.2 Å². The van der Waals surface area contributed by atoms with Crippen molar-refractivity contribution < 1.29 is 4.74 Å². The second kappa shape index (κ2) is 2.27. The largest absolute Gasteiger partial charge is 0.379 e. The zero-order chi connectivity index (χ0) is 6.10. The Kier molecular flexibility index (Phi) is 1.44. The topological polar surface area (TPSA) is 21.3 Å². The summed E-state index contributed by atoms with van der Waals surface area (Å²) < 4.78 is 5.32. The highest BCUT2D eigenvalue weighted by Gasteiger charge is 2.31. The van der Waals surface area contributed by atoms with Gasteiger partial charge in [0.25, 0.3) is 0 Å². The second-order valence-electron chi connectivity index (χ2n) is 2.97. The van der Waals surface area contributed by atoms with E-state index in [2.05, 4.69) is 5.32 Å². The summed E-state index contributed by atoms with van der Waals surface area (Å²) in [4.78, 5) is 0. The van der Waals surface area contributed by atoms with Gasteiger partial charge in [-0.2, -0.15) is 0 Å². The lowest BCUT2D eigenvalue weighted by Crippen LogP contribution is -2.42. The van der Waals surface area contributed by atoms with Gasteiger partial charge in [-0.25, -0.2) is 0 Å². The first-order valence-corrected chi connectivity index (χ1v) is 3.78. The van der Waals surface area contributed by atoms with Crippen molar-refractivity contribution in [3.8, 4) is 0 Å². The van der Waals surface area contributed by atoms with Crippen LogP contribution in [0.3, 0.4) is 0 Å². The number of morpholine rings is 1. The van der Waals surface area contributed by atoms with Crippen molar-refractivity contribution in [1.82, 2.24) is 5.32 Å². The Bertz CT molecular complexity index is 95.1. The molecular formula is C7H13NO. The van der Waals surface area contributed by atoms with Gasteiger partial charge in [-0.05, 0) is 18.8 Å². The van der Waals surface area contributed by atoms with E-state index in [1.807, 2.05) is 0 Å². The molecule has 0 aromatic carbocycles. The molecule has 1 heterocycles. The van der Waals surface area contributed by atoms with E-state index in [9.17, 15) is 0 Å². The first kappa shape index (κ1) is 5.69. The Balaban J connectivity index is 1.80. The van der Waals surface area contributed by atoms with Crippen molar-refractivity contribution in [2.24, 2.45) is 5.92 Å². The molecule has 2 rings (SSSR count). The predicted molar refractivity (Wildman–Crippen MR) is 35.3 cm³/mol. The minimum Gasteiger partial charge on any atom is -0.379 e. The number of nitrogens with one attached hydrogen (secondary N) is 1. The summed E-state index contributed by atoms with van der Waals surface area (Å²) in [6, 6.07) is 0.693. The van der Waals surface area contributed by atoms with Crippen LogP contribution < -0.4 is 5.32 Å². The number of hydrogen-bond donors (Lipinski definition) is 1. The highest BCUT2D eigenvalue weighted by Crippen LogP contribution is 2.33. The SMILES string of the molecule is C1COC[C@H](C2CC2)N1. The Hall–Kier alpha value is -0.0800. The molecule has 0 amide bonds. The molecule has 0 aromatic heterocycles. The maximum absolute atomic E-state index is 5.32. The molecule has 0 radical (unpaired) electrons. The van der Waals surface area contributed by atoms with Crippen LogP contribution in [0.4, 0.5) is 0 Å². The van der Waals surface area contributed by atoms with E-state index in [-0.39, 0.29) is 0 Å². The average Bonchev–Trinajstić information content (AvgIpc) is 2.71. The van der Waals surface area contributed by atoms with Gasteiger partial charge < -0.3 is 10.1 Å². The molecule has 0 aromatic rings. The molecule has 1 aliphatic heterocycles. The van der Waals surface area contributed by atoms with Crippen molar-refractivity contribution >= 4 is 0 Å². The standard InChI is InChI=1S/C7H13NO/c1-2-6(1)7-5-9-4-3-8-7/h6-8H,1-5H2/t7-/m1/s1. The van der Waals surface area contributed by atoms with Gasteiger partial charge >= 0.3 is 0 Å². The Morgan fingerprint density at radius 2 is 2.22 bits per heavy atom. The maximum Gasteiger partial charge on any atom is 0.0622 e. The Morgan fingerprint density at radius 1 is 1.33 bits per heavy atom. The van der Waals surface area contributed by atoms with Crippen LogP contribution in [0.25, 0.3) is 0 Å². The van der Waals surface area contributed by atoms with Crippen LogP contribution in [0.2, 0.25) is 0 Å². The third kappa shape index (κ3) is 1.25. The zero-order valence-corrected chi connectivity index (χ0v) is 5.60. The summed E-state index contributed by atoms with van der Waals surface area (Å²) in [6.45, 7) is 2.91. The molecule has 2 heteroatoms. The van der Waals surface area contributed by atoms with Gasteiger partial charge in [-0.1, -0.05) is 0 Å². The second-order valence-corrected chi connectivity index (χ2v) is 2.97. The molecule has 2 nitrogen and oxygen atoms in total. The number of rotatable bonds is 1. The van der Waals surface area contributed by atoms with Crippen molar-refractivity contribution in [2.45, 2.75) is 18.9 Å². The van der Waals surface area contributed by atoms with Crippen molar-refractivity contribution in [3.05, 3.63) is 0 Å². The van der Waals surface area contributed by atoms with Crippen LogP contribution in [-0.2, 0) is 4.74 Å². The third-order valence-corrected chi connectivity index (χ3v) is 2.14. The molecule has 1 atom stereocenters. The van der Waals surface area contributed by atoms with Gasteiger partial charge in [0, 0.05) is 12.6 Å². The third-order valence-electron chi connectivity index (χ3n) is 2.14. The highest BCUT2D eigenvalue weighted by atomic mass is 16.5. The molecule has 1 N–H and O–H groups in total. The van der Waals surface area contributed by atoms with Crippen molar-refractivity contribution in [1.29, 1.82) is 0 Å². The van der Waals surface area contributed by atoms with E-state index in [0.717, 1.165) is 25.7 Å². The Labute approximate surface area is 55.6 Å². The van der Waals surface area contributed by atoms with Gasteiger partial charge in [-0.3, -0.25) is 0 Å². The van der Waals surface area contributed by atoms with E-state index >= 15 is 0 Å². The lowest BCUT2D eigenvalue weighted by molar-refractivity contribution is 0.0701. The van der Waals surface area contributed by atoms with Crippen LogP contribution in [0.1, 0.15) is 12.8 Å². The van der Waals surface area contributed by atoms with Gasteiger partial charge in [-0.15, -0.1) is 0 Å². The zero-order valence-electron chi connectivity index (χ0n) is 5.60. The predicted octanol–water partition coefficient (Wildman–Crippen LogP) is 0.385. The number of ether oxygens (including phenoxy) is 1. The molecule has 0 spiro atoms. The summed E-state index contributed by atoms with van der Waals surface area (Å²) in [6.07, 6.45) is 2.84. The van der Waals surface area contributed by atoms with Crippen LogP contribution in [0.5, 0.6) is 0 Å². The molecule has 2 fully saturated rings. The fourth-order valence-electron chi connectivity index (χ4n) is 1.39. The molecule has 0 bridgehead atoms. The molecule has 0 unspecified atom stereocenters. The summed E-state index contributed by atoms with van der Waals surface area (Å²) in [5.74, 6) is 0.949. The summed E-state index contributed by atoms with van der Waals surface area (Å²) in [7, 11) is 0. The van der Waals surface area contributed by atoms with Gasteiger partial charge in [0.1, 0.15) is 0 Å². The van der Waals surface area contributed by atoms with E-state index in [0.29, 0.717) is 6.04 Å². The Morgan fingerprint density at radius 3 is 2.78 bits per heavy atom. The normalized spacial score (nSPS) is 36.7. The molecule has 9 heavy (non-hydrogen) atoms. The molecule has 1 aliphatic carbocycles. The highest BCUT2D eigenvalue weighted by molar-refractivity contribution is 4.87. The average molecular weight is 127 g/mol. The fraction of sp³-hybridized carbons (Fsp3) is 1.00. The first-order valence-electron chi connectivity index (χ1n) is 3.78. The summed E-state index contributed by atoms with van der Waals surface area (Å²) >= 11 is 0. The minimum absolute atomic E-state index is 0.693.